The Morgan fingerprint density at radius 1 is 1.03 bits per heavy atom. The molecule has 0 aliphatic rings. The second kappa shape index (κ2) is 7.39. The zero-order valence-corrected chi connectivity index (χ0v) is 15.5. The molecule has 0 spiro atoms. The lowest BCUT2D eigenvalue weighted by molar-refractivity contribution is -0.116. The molecule has 6 heteroatoms. The molecular weight excluding hydrogens is 374 g/mol. The molecule has 0 saturated heterocycles. The van der Waals surface area contributed by atoms with Crippen LogP contribution in [-0.2, 0) is 11.2 Å². The van der Waals surface area contributed by atoms with Gasteiger partial charge >= 0.3 is 0 Å². The molecule has 0 amide bonds. The number of nitrogens with one attached hydrogen (secondary N) is 1. The van der Waals surface area contributed by atoms with Gasteiger partial charge in [-0.05, 0) is 47.9 Å². The molecule has 4 aromatic rings. The molecule has 2 aromatic carbocycles. The van der Waals surface area contributed by atoms with Gasteiger partial charge < -0.3 is 4.98 Å². The molecule has 0 unspecified atom stereocenters. The predicted octanol–water partition coefficient (Wildman–Crippen LogP) is 4.87. The second-order valence-electron chi connectivity index (χ2n) is 6.82. The van der Waals surface area contributed by atoms with Crippen molar-refractivity contribution in [2.75, 3.05) is 0 Å². The molecule has 0 aliphatic carbocycles. The van der Waals surface area contributed by atoms with Crippen LogP contribution in [0.1, 0.15) is 28.4 Å². The van der Waals surface area contributed by atoms with E-state index in [1.165, 1.54) is 13.1 Å². The summed E-state index contributed by atoms with van der Waals surface area (Å²) in [6, 6.07) is 12.0. The summed E-state index contributed by atoms with van der Waals surface area (Å²) in [6.07, 6.45) is 3.35. The second-order valence-corrected chi connectivity index (χ2v) is 6.82. The number of pyridine rings is 1. The third kappa shape index (κ3) is 3.57. The SMILES string of the molecule is CC(=O)Cc1cccc(-c2ccnc3[nH]cc(C(=O)c4cc(F)ccc4F)c23)c1. The normalized spacial score (nSPS) is 11.0. The van der Waals surface area contributed by atoms with Gasteiger partial charge in [-0.25, -0.2) is 13.8 Å². The van der Waals surface area contributed by atoms with Crippen molar-refractivity contribution in [1.82, 2.24) is 9.97 Å². The molecule has 4 nitrogen and oxygen atoms in total. The Kier molecular flexibility index (Phi) is 4.76. The summed E-state index contributed by atoms with van der Waals surface area (Å²) < 4.78 is 27.8. The first-order chi connectivity index (χ1) is 13.9. The minimum Gasteiger partial charge on any atom is -0.345 e. The van der Waals surface area contributed by atoms with E-state index in [2.05, 4.69) is 9.97 Å². The van der Waals surface area contributed by atoms with E-state index in [9.17, 15) is 18.4 Å². The first-order valence-corrected chi connectivity index (χ1v) is 8.98. The van der Waals surface area contributed by atoms with E-state index < -0.39 is 17.4 Å². The summed E-state index contributed by atoms with van der Waals surface area (Å²) in [5, 5.41) is 0.515. The van der Waals surface area contributed by atoms with E-state index in [4.69, 9.17) is 0 Å². The Morgan fingerprint density at radius 2 is 1.86 bits per heavy atom. The van der Waals surface area contributed by atoms with Crippen LogP contribution in [0.4, 0.5) is 8.78 Å². The predicted molar refractivity (Wildman–Crippen MR) is 106 cm³/mol. The number of H-pyrrole nitrogens is 1. The van der Waals surface area contributed by atoms with E-state index in [1.807, 2.05) is 24.3 Å². The van der Waals surface area contributed by atoms with Crippen molar-refractivity contribution in [3.8, 4) is 11.1 Å². The summed E-state index contributed by atoms with van der Waals surface area (Å²) in [6.45, 7) is 1.52. The van der Waals surface area contributed by atoms with Crippen LogP contribution in [0.3, 0.4) is 0 Å². The van der Waals surface area contributed by atoms with E-state index in [-0.39, 0.29) is 16.9 Å². The smallest absolute Gasteiger partial charge is 0.198 e. The van der Waals surface area contributed by atoms with Gasteiger partial charge in [0.2, 0.25) is 0 Å². The van der Waals surface area contributed by atoms with Crippen molar-refractivity contribution in [3.63, 3.8) is 0 Å². The number of hydrogen-bond donors (Lipinski definition) is 1. The highest BCUT2D eigenvalue weighted by molar-refractivity contribution is 6.18. The number of carbonyl (C=O) groups excluding carboxylic acids is 2. The molecule has 0 radical (unpaired) electrons. The van der Waals surface area contributed by atoms with Crippen LogP contribution in [0.5, 0.6) is 0 Å². The average molecular weight is 390 g/mol. The van der Waals surface area contributed by atoms with Crippen molar-refractivity contribution >= 4 is 22.6 Å². The number of carbonyl (C=O) groups is 2. The van der Waals surface area contributed by atoms with Gasteiger partial charge in [0, 0.05) is 24.2 Å². The van der Waals surface area contributed by atoms with E-state index >= 15 is 0 Å². The Balaban J connectivity index is 1.88. The Labute approximate surface area is 165 Å². The Bertz CT molecular complexity index is 1260. The molecule has 2 aromatic heterocycles. The Hall–Kier alpha value is -3.67. The molecule has 0 atom stereocenters. The Morgan fingerprint density at radius 3 is 2.66 bits per heavy atom. The zero-order valence-electron chi connectivity index (χ0n) is 15.5. The van der Waals surface area contributed by atoms with Gasteiger partial charge in [0.1, 0.15) is 23.1 Å². The lowest BCUT2D eigenvalue weighted by Gasteiger charge is -2.08. The van der Waals surface area contributed by atoms with Crippen molar-refractivity contribution in [1.29, 1.82) is 0 Å². The van der Waals surface area contributed by atoms with Gasteiger partial charge in [0.25, 0.3) is 0 Å². The maximum Gasteiger partial charge on any atom is 0.198 e. The van der Waals surface area contributed by atoms with Crippen LogP contribution in [-0.4, -0.2) is 21.5 Å². The van der Waals surface area contributed by atoms with Gasteiger partial charge in [0.05, 0.1) is 11.1 Å². The molecular formula is C23H16F2N2O2. The molecule has 1 N–H and O–H groups in total. The van der Waals surface area contributed by atoms with Gasteiger partial charge in [-0.2, -0.15) is 0 Å². The largest absolute Gasteiger partial charge is 0.345 e. The highest BCUT2D eigenvalue weighted by Crippen LogP contribution is 2.32. The molecule has 29 heavy (non-hydrogen) atoms. The van der Waals surface area contributed by atoms with Crippen molar-refractivity contribution in [2.45, 2.75) is 13.3 Å². The standard InChI is InChI=1S/C23H16F2N2O2/c1-13(28)9-14-3-2-4-15(10-14)17-7-8-26-23-21(17)19(12-27-23)22(29)18-11-16(24)5-6-20(18)25/h2-8,10-12H,9H2,1H3,(H,26,27). The molecule has 0 bridgehead atoms. The van der Waals surface area contributed by atoms with E-state index in [1.54, 1.807) is 12.3 Å². The summed E-state index contributed by atoms with van der Waals surface area (Å²) in [5.74, 6) is -2.08. The topological polar surface area (TPSA) is 62.8 Å². The molecule has 0 fully saturated rings. The van der Waals surface area contributed by atoms with Crippen LogP contribution in [0, 0.1) is 11.6 Å². The van der Waals surface area contributed by atoms with Crippen LogP contribution >= 0.6 is 0 Å². The third-order valence-corrected chi connectivity index (χ3v) is 4.68. The van der Waals surface area contributed by atoms with Crippen LogP contribution in [0.25, 0.3) is 22.2 Å². The number of halogens is 2. The number of benzene rings is 2. The van der Waals surface area contributed by atoms with Crippen LogP contribution in [0.2, 0.25) is 0 Å². The van der Waals surface area contributed by atoms with E-state index in [0.717, 1.165) is 29.3 Å². The number of aromatic amines is 1. The number of nitrogens with zero attached hydrogens (tertiary/aromatic N) is 1. The molecule has 0 aliphatic heterocycles. The summed E-state index contributed by atoms with van der Waals surface area (Å²) in [4.78, 5) is 31.6. The maximum atomic E-state index is 14.2. The zero-order chi connectivity index (χ0) is 20.5. The monoisotopic (exact) mass is 390 g/mol. The highest BCUT2D eigenvalue weighted by atomic mass is 19.1. The number of ketones is 2. The number of aromatic nitrogens is 2. The third-order valence-electron chi connectivity index (χ3n) is 4.68. The fourth-order valence-corrected chi connectivity index (χ4v) is 3.43. The van der Waals surface area contributed by atoms with Crippen molar-refractivity contribution in [2.24, 2.45) is 0 Å². The number of hydrogen-bond acceptors (Lipinski definition) is 3. The van der Waals surface area contributed by atoms with Gasteiger partial charge in [0.15, 0.2) is 5.78 Å². The summed E-state index contributed by atoms with van der Waals surface area (Å²) in [7, 11) is 0. The molecule has 2 heterocycles. The van der Waals surface area contributed by atoms with Gasteiger partial charge in [-0.15, -0.1) is 0 Å². The van der Waals surface area contributed by atoms with Crippen molar-refractivity contribution in [3.05, 3.63) is 89.2 Å². The van der Waals surface area contributed by atoms with E-state index in [0.29, 0.717) is 23.0 Å². The quantitative estimate of drug-likeness (QED) is 0.495. The van der Waals surface area contributed by atoms with Gasteiger partial charge in [-0.3, -0.25) is 9.59 Å². The summed E-state index contributed by atoms with van der Waals surface area (Å²) >= 11 is 0. The molecule has 0 saturated carbocycles. The molecule has 144 valence electrons. The van der Waals surface area contributed by atoms with Gasteiger partial charge in [-0.1, -0.05) is 24.3 Å². The molecule has 4 rings (SSSR count). The number of rotatable bonds is 5. The first-order valence-electron chi connectivity index (χ1n) is 8.98. The lowest BCUT2D eigenvalue weighted by Crippen LogP contribution is -2.05. The fraction of sp³-hybridized carbons (Fsp3) is 0.0870. The minimum absolute atomic E-state index is 0.0427. The minimum atomic E-state index is -0.792. The first kappa shape index (κ1) is 18.7. The van der Waals surface area contributed by atoms with Crippen LogP contribution < -0.4 is 0 Å². The average Bonchev–Trinajstić information content (AvgIpc) is 3.13. The van der Waals surface area contributed by atoms with Crippen molar-refractivity contribution < 1.29 is 18.4 Å². The number of fused-ring (bicyclic) bond motifs is 1. The number of Topliss-reactive ketones (excluding diaryl/α,β-unsaturated/α-hetero) is 1. The maximum absolute atomic E-state index is 14.2. The highest BCUT2D eigenvalue weighted by Gasteiger charge is 2.21. The lowest BCUT2D eigenvalue weighted by atomic mass is 9.95. The fourth-order valence-electron chi connectivity index (χ4n) is 3.43. The van der Waals surface area contributed by atoms with Crippen LogP contribution in [0.15, 0.2) is 60.9 Å². The summed E-state index contributed by atoms with van der Waals surface area (Å²) in [5.41, 5.74) is 2.67.